The number of carbonyl (C=O) groups is 2. The number of likely N-dealkylation sites (tertiary alicyclic amines) is 1. The van der Waals surface area contributed by atoms with Gasteiger partial charge < -0.3 is 4.74 Å². The summed E-state index contributed by atoms with van der Waals surface area (Å²) in [5, 5.41) is 0. The summed E-state index contributed by atoms with van der Waals surface area (Å²) < 4.78 is 5.44. The fraction of sp³-hybridized carbons (Fsp3) is 0.867. The van der Waals surface area contributed by atoms with Crippen molar-refractivity contribution >= 4 is 11.9 Å². The molecular formula is C15H27NO3. The summed E-state index contributed by atoms with van der Waals surface area (Å²) in [6.45, 7) is 11.8. The van der Waals surface area contributed by atoms with Crippen LogP contribution in [0.1, 0.15) is 60.8 Å². The van der Waals surface area contributed by atoms with E-state index in [0.717, 1.165) is 19.3 Å². The van der Waals surface area contributed by atoms with E-state index in [0.29, 0.717) is 6.54 Å². The van der Waals surface area contributed by atoms with E-state index in [4.69, 9.17) is 4.74 Å². The lowest BCUT2D eigenvalue weighted by atomic mass is 9.80. The number of ether oxygens (including phenoxy) is 1. The highest BCUT2D eigenvalue weighted by Gasteiger charge is 2.45. The molecule has 0 spiro atoms. The molecular weight excluding hydrogens is 242 g/mol. The third kappa shape index (κ3) is 3.71. The normalized spacial score (nSPS) is 24.5. The van der Waals surface area contributed by atoms with Gasteiger partial charge in [0, 0.05) is 12.5 Å². The zero-order chi connectivity index (χ0) is 14.8. The van der Waals surface area contributed by atoms with Gasteiger partial charge in [0.2, 0.25) is 0 Å². The van der Waals surface area contributed by atoms with Crippen LogP contribution >= 0.6 is 0 Å². The second-order valence-electron chi connectivity index (χ2n) is 6.88. The van der Waals surface area contributed by atoms with E-state index < -0.39 is 11.1 Å². The topological polar surface area (TPSA) is 46.6 Å². The van der Waals surface area contributed by atoms with Gasteiger partial charge in [0.05, 0.1) is 0 Å². The van der Waals surface area contributed by atoms with E-state index in [1.165, 1.54) is 0 Å². The van der Waals surface area contributed by atoms with E-state index in [1.54, 1.807) is 4.90 Å². The van der Waals surface area contributed by atoms with E-state index in [2.05, 4.69) is 0 Å². The summed E-state index contributed by atoms with van der Waals surface area (Å²) >= 11 is 0. The molecule has 0 saturated carbocycles. The molecule has 4 heteroatoms. The summed E-state index contributed by atoms with van der Waals surface area (Å²) in [6.07, 6.45) is 2.27. The molecule has 1 saturated heterocycles. The smallest absolute Gasteiger partial charge is 0.411 e. The molecule has 1 heterocycles. The van der Waals surface area contributed by atoms with Crippen LogP contribution in [0, 0.1) is 5.92 Å². The fourth-order valence-electron chi connectivity index (χ4n) is 2.61. The first-order valence-corrected chi connectivity index (χ1v) is 7.13. The molecule has 0 bridgehead atoms. The maximum Gasteiger partial charge on any atom is 0.411 e. The molecule has 0 aromatic heterocycles. The minimum absolute atomic E-state index is 0.0759. The van der Waals surface area contributed by atoms with Crippen LogP contribution in [0.25, 0.3) is 0 Å². The summed E-state index contributed by atoms with van der Waals surface area (Å²) in [4.78, 5) is 26.4. The zero-order valence-electron chi connectivity index (χ0n) is 13.1. The van der Waals surface area contributed by atoms with Crippen molar-refractivity contribution in [1.82, 2.24) is 4.90 Å². The Morgan fingerprint density at radius 1 is 1.21 bits per heavy atom. The van der Waals surface area contributed by atoms with Gasteiger partial charge in [-0.15, -0.1) is 0 Å². The number of nitrogens with zero attached hydrogens (tertiary/aromatic N) is 1. The van der Waals surface area contributed by atoms with E-state index in [-0.39, 0.29) is 17.8 Å². The Morgan fingerprint density at radius 2 is 1.79 bits per heavy atom. The lowest BCUT2D eigenvalue weighted by Gasteiger charge is -2.44. The fourth-order valence-corrected chi connectivity index (χ4v) is 2.61. The van der Waals surface area contributed by atoms with Gasteiger partial charge in [0.1, 0.15) is 11.1 Å². The largest absolute Gasteiger partial charge is 0.444 e. The molecule has 0 N–H and O–H groups in total. The predicted molar refractivity (Wildman–Crippen MR) is 75.0 cm³/mol. The highest BCUT2D eigenvalue weighted by molar-refractivity contribution is 5.92. The summed E-state index contributed by atoms with van der Waals surface area (Å²) in [5.74, 6) is 0.0473. The van der Waals surface area contributed by atoms with Gasteiger partial charge >= 0.3 is 6.09 Å². The van der Waals surface area contributed by atoms with Gasteiger partial charge in [0.15, 0.2) is 5.78 Å². The van der Waals surface area contributed by atoms with Gasteiger partial charge in [0.25, 0.3) is 0 Å². The molecule has 1 atom stereocenters. The average molecular weight is 269 g/mol. The molecule has 0 radical (unpaired) electrons. The Hall–Kier alpha value is -1.06. The molecule has 19 heavy (non-hydrogen) atoms. The second-order valence-corrected chi connectivity index (χ2v) is 6.88. The van der Waals surface area contributed by atoms with Crippen molar-refractivity contribution in [3.05, 3.63) is 0 Å². The SMILES string of the molecule is CC(C)C(=O)C1(C)CCCCN1C(=O)OC(C)(C)C. The minimum Gasteiger partial charge on any atom is -0.444 e. The maximum atomic E-state index is 12.5. The van der Waals surface area contributed by atoms with Gasteiger partial charge in [-0.25, -0.2) is 4.79 Å². The predicted octanol–water partition coefficient (Wildman–Crippen LogP) is 3.39. The highest BCUT2D eigenvalue weighted by atomic mass is 16.6. The zero-order valence-corrected chi connectivity index (χ0v) is 13.1. The van der Waals surface area contributed by atoms with Crippen LogP contribution in [0.15, 0.2) is 0 Å². The van der Waals surface area contributed by atoms with Gasteiger partial charge in [-0.3, -0.25) is 9.69 Å². The summed E-state index contributed by atoms with van der Waals surface area (Å²) in [6, 6.07) is 0. The van der Waals surface area contributed by atoms with E-state index in [9.17, 15) is 9.59 Å². The number of ketones is 1. The number of hydrogen-bond donors (Lipinski definition) is 0. The lowest BCUT2D eigenvalue weighted by molar-refractivity contribution is -0.135. The van der Waals surface area contributed by atoms with Crippen LogP contribution in [0.5, 0.6) is 0 Å². The first kappa shape index (κ1) is 16.0. The Balaban J connectivity index is 2.95. The molecule has 110 valence electrons. The molecule has 0 aromatic rings. The van der Waals surface area contributed by atoms with E-state index >= 15 is 0 Å². The second kappa shape index (κ2) is 5.51. The summed E-state index contributed by atoms with van der Waals surface area (Å²) in [5.41, 5.74) is -1.24. The highest BCUT2D eigenvalue weighted by Crippen LogP contribution is 2.32. The number of piperidine rings is 1. The molecule has 0 aliphatic carbocycles. The van der Waals surface area contributed by atoms with Crippen molar-refractivity contribution in [2.24, 2.45) is 5.92 Å². The van der Waals surface area contributed by atoms with Crippen LogP contribution in [0.4, 0.5) is 4.79 Å². The number of Topliss-reactive ketones (excluding diaryl/α,β-unsaturated/α-hetero) is 1. The monoisotopic (exact) mass is 269 g/mol. The quantitative estimate of drug-likeness (QED) is 0.772. The number of hydrogen-bond acceptors (Lipinski definition) is 3. The molecule has 1 aliphatic heterocycles. The Bertz CT molecular complexity index is 357. The van der Waals surface area contributed by atoms with Crippen molar-refractivity contribution in [3.8, 4) is 0 Å². The Labute approximate surface area is 116 Å². The molecule has 1 rings (SSSR count). The van der Waals surface area contributed by atoms with Crippen molar-refractivity contribution in [3.63, 3.8) is 0 Å². The molecule has 1 amide bonds. The average Bonchev–Trinajstić information content (AvgIpc) is 2.25. The first-order chi connectivity index (χ1) is 8.58. The van der Waals surface area contributed by atoms with Crippen LogP contribution < -0.4 is 0 Å². The molecule has 4 nitrogen and oxygen atoms in total. The van der Waals surface area contributed by atoms with Crippen LogP contribution in [-0.4, -0.2) is 34.5 Å². The van der Waals surface area contributed by atoms with E-state index in [1.807, 2.05) is 41.5 Å². The Morgan fingerprint density at radius 3 is 2.26 bits per heavy atom. The first-order valence-electron chi connectivity index (χ1n) is 7.13. The minimum atomic E-state index is -0.714. The van der Waals surface area contributed by atoms with Crippen molar-refractivity contribution in [2.45, 2.75) is 71.9 Å². The van der Waals surface area contributed by atoms with Crippen molar-refractivity contribution in [1.29, 1.82) is 0 Å². The number of carbonyl (C=O) groups excluding carboxylic acids is 2. The summed E-state index contributed by atoms with van der Waals surface area (Å²) in [7, 11) is 0. The Kier molecular flexibility index (Phi) is 4.64. The third-order valence-corrected chi connectivity index (χ3v) is 3.56. The molecule has 1 aliphatic rings. The number of amides is 1. The van der Waals surface area contributed by atoms with Gasteiger partial charge in [-0.2, -0.15) is 0 Å². The van der Waals surface area contributed by atoms with Gasteiger partial charge in [-0.05, 0) is 47.0 Å². The third-order valence-electron chi connectivity index (χ3n) is 3.56. The molecule has 0 aromatic carbocycles. The van der Waals surface area contributed by atoms with Gasteiger partial charge in [-0.1, -0.05) is 13.8 Å². The van der Waals surface area contributed by atoms with Crippen LogP contribution in [-0.2, 0) is 9.53 Å². The van der Waals surface area contributed by atoms with Crippen LogP contribution in [0.3, 0.4) is 0 Å². The number of rotatable bonds is 2. The van der Waals surface area contributed by atoms with Crippen molar-refractivity contribution < 1.29 is 14.3 Å². The maximum absolute atomic E-state index is 12.5. The molecule has 1 fully saturated rings. The molecule has 1 unspecified atom stereocenters. The van der Waals surface area contributed by atoms with Crippen LogP contribution in [0.2, 0.25) is 0 Å². The standard InChI is InChI=1S/C15H27NO3/c1-11(2)12(17)15(6)9-7-8-10-16(15)13(18)19-14(3,4)5/h11H,7-10H2,1-6H3. The lowest BCUT2D eigenvalue weighted by Crippen LogP contribution is -2.59. The van der Waals surface area contributed by atoms with Crippen molar-refractivity contribution in [2.75, 3.05) is 6.54 Å².